The summed E-state index contributed by atoms with van der Waals surface area (Å²) in [5.41, 5.74) is 2.73. The fourth-order valence-electron chi connectivity index (χ4n) is 2.42. The maximum Gasteiger partial charge on any atom is 0.0681 e. The van der Waals surface area contributed by atoms with E-state index in [0.29, 0.717) is 11.5 Å². The van der Waals surface area contributed by atoms with Gasteiger partial charge in [0.25, 0.3) is 0 Å². The first-order valence-electron chi connectivity index (χ1n) is 6.59. The Morgan fingerprint density at radius 1 is 1.28 bits per heavy atom. The number of benzene rings is 1. The monoisotopic (exact) mass is 265 g/mol. The topological polar surface area (TPSA) is 32.3 Å². The van der Waals surface area contributed by atoms with Crippen LogP contribution in [0.5, 0.6) is 0 Å². The molecular formula is C15H23NOS. The molecule has 0 aromatic heterocycles. The SMILES string of the molecule is CC1(C)CSCC(NCc2ccc(CO)cc2)C1. The number of hydrogen-bond donors (Lipinski definition) is 2. The zero-order chi connectivity index (χ0) is 13.0. The lowest BCUT2D eigenvalue weighted by molar-refractivity contribution is 0.282. The third kappa shape index (κ3) is 4.01. The summed E-state index contributed by atoms with van der Waals surface area (Å²) in [4.78, 5) is 0. The van der Waals surface area contributed by atoms with Gasteiger partial charge < -0.3 is 10.4 Å². The standard InChI is InChI=1S/C15H23NOS/c1-15(2)7-14(10-18-11-15)16-8-12-3-5-13(9-17)6-4-12/h3-6,14,16-17H,7-11H2,1-2H3. The smallest absolute Gasteiger partial charge is 0.0681 e. The van der Waals surface area contributed by atoms with Gasteiger partial charge in [-0.1, -0.05) is 38.1 Å². The van der Waals surface area contributed by atoms with E-state index < -0.39 is 0 Å². The van der Waals surface area contributed by atoms with Crippen molar-refractivity contribution in [2.75, 3.05) is 11.5 Å². The van der Waals surface area contributed by atoms with Crippen LogP contribution in [-0.4, -0.2) is 22.7 Å². The van der Waals surface area contributed by atoms with Crippen LogP contribution in [0.3, 0.4) is 0 Å². The van der Waals surface area contributed by atoms with Crippen molar-refractivity contribution in [3.63, 3.8) is 0 Å². The lowest BCUT2D eigenvalue weighted by atomic mass is 9.88. The molecule has 0 spiro atoms. The molecule has 1 aromatic rings. The minimum Gasteiger partial charge on any atom is -0.392 e. The second kappa shape index (κ2) is 6.09. The highest BCUT2D eigenvalue weighted by molar-refractivity contribution is 7.99. The second-order valence-electron chi connectivity index (χ2n) is 5.94. The summed E-state index contributed by atoms with van der Waals surface area (Å²) < 4.78 is 0. The van der Waals surface area contributed by atoms with Gasteiger partial charge in [0.05, 0.1) is 6.61 Å². The largest absolute Gasteiger partial charge is 0.392 e. The van der Waals surface area contributed by atoms with Crippen LogP contribution in [0.1, 0.15) is 31.4 Å². The minimum absolute atomic E-state index is 0.126. The molecule has 0 saturated carbocycles. The maximum atomic E-state index is 9.00. The van der Waals surface area contributed by atoms with Gasteiger partial charge in [0.2, 0.25) is 0 Å². The average molecular weight is 265 g/mol. The molecule has 3 heteroatoms. The number of nitrogens with one attached hydrogen (secondary N) is 1. The summed E-state index contributed by atoms with van der Waals surface area (Å²) in [6.07, 6.45) is 1.26. The lowest BCUT2D eigenvalue weighted by Gasteiger charge is -2.35. The molecule has 1 unspecified atom stereocenters. The highest BCUT2D eigenvalue weighted by Crippen LogP contribution is 2.33. The molecule has 1 aromatic carbocycles. The Bertz CT molecular complexity index is 375. The Hall–Kier alpha value is -0.510. The van der Waals surface area contributed by atoms with Crippen molar-refractivity contribution in [1.29, 1.82) is 0 Å². The van der Waals surface area contributed by atoms with Crippen LogP contribution in [0, 0.1) is 5.41 Å². The third-order valence-corrected chi connectivity index (χ3v) is 5.03. The van der Waals surface area contributed by atoms with E-state index in [0.717, 1.165) is 12.1 Å². The van der Waals surface area contributed by atoms with E-state index >= 15 is 0 Å². The molecule has 1 aliphatic heterocycles. The highest BCUT2D eigenvalue weighted by atomic mass is 32.2. The Morgan fingerprint density at radius 2 is 1.94 bits per heavy atom. The van der Waals surface area contributed by atoms with Gasteiger partial charge in [-0.25, -0.2) is 0 Å². The average Bonchev–Trinajstić information content (AvgIpc) is 2.36. The van der Waals surface area contributed by atoms with Crippen molar-refractivity contribution in [1.82, 2.24) is 5.32 Å². The molecular weight excluding hydrogens is 242 g/mol. The van der Waals surface area contributed by atoms with Gasteiger partial charge in [-0.3, -0.25) is 0 Å². The number of hydrogen-bond acceptors (Lipinski definition) is 3. The third-order valence-electron chi connectivity index (χ3n) is 3.41. The minimum atomic E-state index is 0.126. The van der Waals surface area contributed by atoms with E-state index in [-0.39, 0.29) is 6.61 Å². The summed E-state index contributed by atoms with van der Waals surface area (Å²) in [5, 5.41) is 12.6. The van der Waals surface area contributed by atoms with Gasteiger partial charge in [0.1, 0.15) is 0 Å². The van der Waals surface area contributed by atoms with Crippen LogP contribution in [0.2, 0.25) is 0 Å². The van der Waals surface area contributed by atoms with E-state index in [1.807, 2.05) is 12.1 Å². The quantitative estimate of drug-likeness (QED) is 0.878. The highest BCUT2D eigenvalue weighted by Gasteiger charge is 2.27. The first-order chi connectivity index (χ1) is 8.59. The number of rotatable bonds is 4. The Morgan fingerprint density at radius 3 is 2.56 bits per heavy atom. The normalized spacial score (nSPS) is 22.9. The molecule has 0 bridgehead atoms. The van der Waals surface area contributed by atoms with Gasteiger partial charge >= 0.3 is 0 Å². The molecule has 18 heavy (non-hydrogen) atoms. The van der Waals surface area contributed by atoms with Gasteiger partial charge in [-0.2, -0.15) is 11.8 Å². The zero-order valence-electron chi connectivity index (χ0n) is 11.3. The molecule has 0 amide bonds. The zero-order valence-corrected chi connectivity index (χ0v) is 12.1. The van der Waals surface area contributed by atoms with Crippen molar-refractivity contribution in [2.45, 2.75) is 39.5 Å². The van der Waals surface area contributed by atoms with Crippen molar-refractivity contribution >= 4 is 11.8 Å². The molecule has 1 fully saturated rings. The predicted molar refractivity (Wildman–Crippen MR) is 78.7 cm³/mol. The molecule has 1 saturated heterocycles. The van der Waals surface area contributed by atoms with Crippen molar-refractivity contribution in [3.05, 3.63) is 35.4 Å². The lowest BCUT2D eigenvalue weighted by Crippen LogP contribution is -2.39. The predicted octanol–water partition coefficient (Wildman–Crippen LogP) is 2.80. The second-order valence-corrected chi connectivity index (χ2v) is 6.97. The first kappa shape index (κ1) is 13.9. The van der Waals surface area contributed by atoms with Gasteiger partial charge in [-0.15, -0.1) is 0 Å². The summed E-state index contributed by atoms with van der Waals surface area (Å²) in [5.74, 6) is 2.49. The first-order valence-corrected chi connectivity index (χ1v) is 7.74. The van der Waals surface area contributed by atoms with Crippen molar-refractivity contribution in [2.24, 2.45) is 5.41 Å². The fraction of sp³-hybridized carbons (Fsp3) is 0.600. The molecule has 1 atom stereocenters. The Balaban J connectivity index is 1.83. The number of thioether (sulfide) groups is 1. The van der Waals surface area contributed by atoms with E-state index in [2.05, 4.69) is 43.1 Å². The van der Waals surface area contributed by atoms with Crippen LogP contribution in [0.25, 0.3) is 0 Å². The van der Waals surface area contributed by atoms with Gasteiger partial charge in [0.15, 0.2) is 0 Å². The molecule has 2 rings (SSSR count). The number of aliphatic hydroxyl groups is 1. The summed E-state index contributed by atoms with van der Waals surface area (Å²) in [6.45, 7) is 5.75. The van der Waals surface area contributed by atoms with Crippen molar-refractivity contribution in [3.8, 4) is 0 Å². The molecule has 1 aliphatic rings. The molecule has 0 radical (unpaired) electrons. The number of aliphatic hydroxyl groups excluding tert-OH is 1. The Kier molecular flexibility index (Phi) is 4.71. The van der Waals surface area contributed by atoms with Crippen LogP contribution in [0.4, 0.5) is 0 Å². The summed E-state index contributed by atoms with van der Waals surface area (Å²) >= 11 is 2.06. The van der Waals surface area contributed by atoms with Crippen LogP contribution >= 0.6 is 11.8 Å². The van der Waals surface area contributed by atoms with Crippen LogP contribution < -0.4 is 5.32 Å². The van der Waals surface area contributed by atoms with E-state index in [1.54, 1.807) is 0 Å². The van der Waals surface area contributed by atoms with Gasteiger partial charge in [0, 0.05) is 18.3 Å². The van der Waals surface area contributed by atoms with Crippen LogP contribution in [0.15, 0.2) is 24.3 Å². The fourth-order valence-corrected chi connectivity index (χ4v) is 3.73. The molecule has 2 N–H and O–H groups in total. The molecule has 2 nitrogen and oxygen atoms in total. The maximum absolute atomic E-state index is 9.00. The van der Waals surface area contributed by atoms with Crippen molar-refractivity contribution < 1.29 is 5.11 Å². The summed E-state index contributed by atoms with van der Waals surface area (Å²) in [7, 11) is 0. The van der Waals surface area contributed by atoms with E-state index in [1.165, 1.54) is 23.5 Å². The van der Waals surface area contributed by atoms with Gasteiger partial charge in [-0.05, 0) is 28.7 Å². The molecule has 1 heterocycles. The van der Waals surface area contributed by atoms with E-state index in [4.69, 9.17) is 5.11 Å². The summed E-state index contributed by atoms with van der Waals surface area (Å²) in [6, 6.07) is 8.81. The molecule has 100 valence electrons. The van der Waals surface area contributed by atoms with E-state index in [9.17, 15) is 0 Å². The Labute approximate surface area is 114 Å². The van der Waals surface area contributed by atoms with Crippen LogP contribution in [-0.2, 0) is 13.2 Å². The molecule has 0 aliphatic carbocycles.